The van der Waals surface area contributed by atoms with Crippen LogP contribution < -0.4 is 11.9 Å². The predicted molar refractivity (Wildman–Crippen MR) is 62.1 cm³/mol. The van der Waals surface area contributed by atoms with Gasteiger partial charge in [0.2, 0.25) is 0 Å². The van der Waals surface area contributed by atoms with Crippen LogP contribution in [0.4, 0.5) is 17.6 Å². The lowest BCUT2D eigenvalue weighted by Crippen LogP contribution is -2.37. The molecule has 20 heavy (non-hydrogen) atoms. The molecule has 0 atom stereocenters. The second kappa shape index (κ2) is 6.33. The van der Waals surface area contributed by atoms with Gasteiger partial charge in [0.05, 0.1) is 5.56 Å². The van der Waals surface area contributed by atoms with E-state index in [1.807, 2.05) is 0 Å². The van der Waals surface area contributed by atoms with Gasteiger partial charge in [0, 0.05) is 19.2 Å². The zero-order chi connectivity index (χ0) is 14.8. The van der Waals surface area contributed by atoms with Crippen LogP contribution in [0, 0.1) is 5.82 Å². The topological polar surface area (TPSA) is 98.4 Å². The molecule has 0 aliphatic carbocycles. The summed E-state index contributed by atoms with van der Waals surface area (Å²) < 4.78 is 50.4. The van der Waals surface area contributed by atoms with E-state index in [-0.39, 0.29) is 18.3 Å². The van der Waals surface area contributed by atoms with Crippen molar-refractivity contribution in [3.05, 3.63) is 35.1 Å². The Balaban J connectivity index is 0.00000361. The first-order chi connectivity index (χ1) is 8.62. The molecule has 0 spiro atoms. The van der Waals surface area contributed by atoms with Gasteiger partial charge in [0.25, 0.3) is 0 Å². The number of carbonyl (C=O) groups excluding carboxylic acids is 2. The van der Waals surface area contributed by atoms with Gasteiger partial charge in [0.1, 0.15) is 5.82 Å². The maximum atomic E-state index is 13.5. The summed E-state index contributed by atoms with van der Waals surface area (Å²) in [4.78, 5) is 22.5. The molecule has 0 bridgehead atoms. The van der Waals surface area contributed by atoms with Crippen LogP contribution in [-0.2, 0) is 22.3 Å². The van der Waals surface area contributed by atoms with Gasteiger partial charge in [-0.1, -0.05) is 6.07 Å². The number of primary amides is 1. The Bertz CT molecular complexity index is 517. The number of hydrogen-bond donors (Lipinski definition) is 2. The average molecular weight is 295 g/mol. The molecular formula is C11H13F4N3O2. The van der Waals surface area contributed by atoms with Crippen LogP contribution in [0.2, 0.25) is 0 Å². The Kier molecular flexibility index (Phi) is 5.64. The number of nitrogens with zero attached hydrogens (tertiary/aromatic N) is 1. The molecule has 5 nitrogen and oxygen atoms in total. The molecule has 0 saturated heterocycles. The smallest absolute Gasteiger partial charge is 0.361 e. The molecule has 1 aromatic carbocycles. The summed E-state index contributed by atoms with van der Waals surface area (Å²) in [5.74, 6) is -3.40. The number of benzene rings is 1. The fourth-order valence-corrected chi connectivity index (χ4v) is 1.37. The van der Waals surface area contributed by atoms with Gasteiger partial charge >= 0.3 is 18.0 Å². The van der Waals surface area contributed by atoms with Crippen LogP contribution in [-0.4, -0.2) is 23.8 Å². The summed E-state index contributed by atoms with van der Waals surface area (Å²) in [5.41, 5.74) is 3.46. The number of carbonyl (C=O) groups is 2. The quantitative estimate of drug-likeness (QED) is 0.638. The number of hydrogen-bond acceptors (Lipinski definition) is 3. The Morgan fingerprint density at radius 2 is 1.85 bits per heavy atom. The van der Waals surface area contributed by atoms with Crippen LogP contribution in [0.15, 0.2) is 18.2 Å². The van der Waals surface area contributed by atoms with E-state index in [4.69, 9.17) is 5.73 Å². The molecule has 0 aliphatic heterocycles. The standard InChI is InChI=1S/C11H10F4N2O2.H3N/c1-17(10(19)9(16)18)5-6-2-3-7(4-8(6)12)11(13,14)15;/h2-4H,5H2,1H3,(H2,16,18);1H3. The van der Waals surface area contributed by atoms with Crippen molar-refractivity contribution in [2.75, 3.05) is 7.05 Å². The first-order valence-corrected chi connectivity index (χ1v) is 5.03. The number of alkyl halides is 3. The molecule has 1 rings (SSSR count). The predicted octanol–water partition coefficient (Wildman–Crippen LogP) is 1.45. The molecule has 0 aromatic heterocycles. The molecule has 0 unspecified atom stereocenters. The van der Waals surface area contributed by atoms with Gasteiger partial charge in [-0.3, -0.25) is 9.59 Å². The SMILES string of the molecule is CN(Cc1ccc(C(F)(F)F)cc1F)C(=O)C(N)=O.N. The lowest BCUT2D eigenvalue weighted by molar-refractivity contribution is -0.143. The van der Waals surface area contributed by atoms with E-state index in [0.717, 1.165) is 11.0 Å². The van der Waals surface area contributed by atoms with Gasteiger partial charge < -0.3 is 16.8 Å². The summed E-state index contributed by atoms with van der Waals surface area (Å²) in [6.07, 6.45) is -4.64. The van der Waals surface area contributed by atoms with Crippen molar-refractivity contribution in [1.82, 2.24) is 11.1 Å². The fourth-order valence-electron chi connectivity index (χ4n) is 1.37. The molecule has 0 saturated carbocycles. The van der Waals surface area contributed by atoms with Crippen molar-refractivity contribution in [2.24, 2.45) is 5.73 Å². The third kappa shape index (κ3) is 4.19. The van der Waals surface area contributed by atoms with Crippen LogP contribution in [0.3, 0.4) is 0 Å². The van der Waals surface area contributed by atoms with E-state index in [9.17, 15) is 27.2 Å². The van der Waals surface area contributed by atoms with E-state index in [1.54, 1.807) is 0 Å². The van der Waals surface area contributed by atoms with Crippen LogP contribution in [0.1, 0.15) is 11.1 Å². The molecule has 2 amide bonds. The summed E-state index contributed by atoms with van der Waals surface area (Å²) in [7, 11) is 1.18. The van der Waals surface area contributed by atoms with Crippen molar-refractivity contribution < 1.29 is 27.2 Å². The minimum absolute atomic E-state index is 0. The Hall–Kier alpha value is -2.16. The molecule has 1 aromatic rings. The number of likely N-dealkylation sites (N-methyl/N-ethyl adjacent to an activating group) is 1. The van der Waals surface area contributed by atoms with Gasteiger partial charge in [-0.05, 0) is 12.1 Å². The first kappa shape index (κ1) is 17.8. The normalized spacial score (nSPS) is 10.7. The van der Waals surface area contributed by atoms with Crippen molar-refractivity contribution in [1.29, 1.82) is 0 Å². The highest BCUT2D eigenvalue weighted by Gasteiger charge is 2.31. The molecule has 5 N–H and O–H groups in total. The Morgan fingerprint density at radius 1 is 1.30 bits per heavy atom. The summed E-state index contributed by atoms with van der Waals surface area (Å²) in [6, 6.07) is 1.93. The van der Waals surface area contributed by atoms with Gasteiger partial charge in [-0.25, -0.2) is 4.39 Å². The Morgan fingerprint density at radius 3 is 2.25 bits per heavy atom. The average Bonchev–Trinajstić information content (AvgIpc) is 2.29. The van der Waals surface area contributed by atoms with Gasteiger partial charge in [-0.2, -0.15) is 13.2 Å². The fraction of sp³-hybridized carbons (Fsp3) is 0.273. The van der Waals surface area contributed by atoms with Crippen molar-refractivity contribution in [3.8, 4) is 0 Å². The Labute approximate surface area is 111 Å². The first-order valence-electron chi connectivity index (χ1n) is 5.03. The highest BCUT2D eigenvalue weighted by atomic mass is 19.4. The van der Waals surface area contributed by atoms with Crippen LogP contribution in [0.5, 0.6) is 0 Å². The van der Waals surface area contributed by atoms with Crippen LogP contribution >= 0.6 is 0 Å². The second-order valence-electron chi connectivity index (χ2n) is 3.83. The van der Waals surface area contributed by atoms with Crippen LogP contribution in [0.25, 0.3) is 0 Å². The molecule has 9 heteroatoms. The molecule has 0 fully saturated rings. The maximum absolute atomic E-state index is 13.5. The molecule has 0 heterocycles. The zero-order valence-electron chi connectivity index (χ0n) is 10.5. The van der Waals surface area contributed by atoms with E-state index in [2.05, 4.69) is 0 Å². The number of amides is 2. The lowest BCUT2D eigenvalue weighted by atomic mass is 10.1. The number of nitrogens with two attached hydrogens (primary N) is 1. The number of halogens is 4. The van der Waals surface area contributed by atoms with Crippen molar-refractivity contribution in [2.45, 2.75) is 12.7 Å². The molecule has 0 radical (unpaired) electrons. The minimum Gasteiger partial charge on any atom is -0.361 e. The van der Waals surface area contributed by atoms with E-state index >= 15 is 0 Å². The van der Waals surface area contributed by atoms with Crippen molar-refractivity contribution >= 4 is 11.8 Å². The molecule has 112 valence electrons. The number of rotatable bonds is 2. The van der Waals surface area contributed by atoms with E-state index < -0.39 is 29.4 Å². The monoisotopic (exact) mass is 295 g/mol. The second-order valence-corrected chi connectivity index (χ2v) is 3.83. The third-order valence-corrected chi connectivity index (χ3v) is 2.35. The largest absolute Gasteiger partial charge is 0.416 e. The third-order valence-electron chi connectivity index (χ3n) is 2.35. The lowest BCUT2D eigenvalue weighted by Gasteiger charge is -2.16. The van der Waals surface area contributed by atoms with Gasteiger partial charge in [0.15, 0.2) is 0 Å². The maximum Gasteiger partial charge on any atom is 0.416 e. The summed E-state index contributed by atoms with van der Waals surface area (Å²) in [6.45, 7) is -0.355. The summed E-state index contributed by atoms with van der Waals surface area (Å²) in [5, 5.41) is 0. The molecular weight excluding hydrogens is 282 g/mol. The van der Waals surface area contributed by atoms with Crippen molar-refractivity contribution in [3.63, 3.8) is 0 Å². The zero-order valence-corrected chi connectivity index (χ0v) is 10.5. The highest BCUT2D eigenvalue weighted by molar-refractivity contribution is 6.34. The van der Waals surface area contributed by atoms with E-state index in [0.29, 0.717) is 12.1 Å². The summed E-state index contributed by atoms with van der Waals surface area (Å²) >= 11 is 0. The molecule has 0 aliphatic rings. The van der Waals surface area contributed by atoms with Gasteiger partial charge in [-0.15, -0.1) is 0 Å². The minimum atomic E-state index is -4.64. The van der Waals surface area contributed by atoms with E-state index in [1.165, 1.54) is 7.05 Å². The highest BCUT2D eigenvalue weighted by Crippen LogP contribution is 2.30.